The lowest BCUT2D eigenvalue weighted by Crippen LogP contribution is -2.27. The van der Waals surface area contributed by atoms with E-state index in [4.69, 9.17) is 23.2 Å². The van der Waals surface area contributed by atoms with Gasteiger partial charge in [0.15, 0.2) is 5.75 Å². The lowest BCUT2D eigenvalue weighted by atomic mass is 10.1. The van der Waals surface area contributed by atoms with Crippen LogP contribution in [-0.4, -0.2) is 26.1 Å². The number of nitro benzene ring substituents is 1. The van der Waals surface area contributed by atoms with Crippen molar-refractivity contribution in [1.82, 2.24) is 4.90 Å². The molecule has 1 aliphatic heterocycles. The number of aromatic hydroxyl groups is 1. The zero-order valence-electron chi connectivity index (χ0n) is 13.4. The molecule has 0 saturated carbocycles. The van der Waals surface area contributed by atoms with Crippen LogP contribution in [0.3, 0.4) is 0 Å². The highest BCUT2D eigenvalue weighted by Gasteiger charge is 2.35. The Morgan fingerprint density at radius 2 is 1.89 bits per heavy atom. The molecule has 0 aromatic heterocycles. The van der Waals surface area contributed by atoms with Gasteiger partial charge in [0, 0.05) is 6.07 Å². The van der Waals surface area contributed by atoms with Crippen LogP contribution >= 0.6 is 35.0 Å². The average Bonchev–Trinajstić information content (AvgIpc) is 2.87. The number of carbonyl (C=O) groups is 2. The maximum absolute atomic E-state index is 12.5. The Morgan fingerprint density at radius 3 is 2.56 bits per heavy atom. The largest absolute Gasteiger partial charge is 0.502 e. The SMILES string of the molecule is O=C1S/C(=C\c2ccc(O)c([N+](=O)[O-])c2)C(=O)N1Cc1ccc(Cl)c(Cl)c1. The van der Waals surface area contributed by atoms with Gasteiger partial charge in [0.1, 0.15) is 0 Å². The smallest absolute Gasteiger partial charge is 0.311 e. The summed E-state index contributed by atoms with van der Waals surface area (Å²) in [6.07, 6.45) is 1.37. The normalized spacial score (nSPS) is 15.6. The van der Waals surface area contributed by atoms with E-state index in [-0.39, 0.29) is 11.4 Å². The summed E-state index contributed by atoms with van der Waals surface area (Å²) in [4.78, 5) is 36.1. The van der Waals surface area contributed by atoms with Gasteiger partial charge in [0.2, 0.25) is 0 Å². The van der Waals surface area contributed by atoms with Crippen LogP contribution in [0.1, 0.15) is 11.1 Å². The summed E-state index contributed by atoms with van der Waals surface area (Å²) in [6, 6.07) is 8.50. The fourth-order valence-corrected chi connectivity index (χ4v) is 3.54. The number of rotatable bonds is 4. The molecule has 3 rings (SSSR count). The Hall–Kier alpha value is -2.55. The second kappa shape index (κ2) is 7.59. The van der Waals surface area contributed by atoms with Crippen LogP contribution in [-0.2, 0) is 11.3 Å². The molecule has 0 atom stereocenters. The number of amides is 2. The first-order chi connectivity index (χ1) is 12.8. The molecule has 2 amide bonds. The molecular formula is C17H10Cl2N2O5S. The van der Waals surface area contributed by atoms with Gasteiger partial charge in [-0.25, -0.2) is 0 Å². The van der Waals surface area contributed by atoms with E-state index >= 15 is 0 Å². The molecule has 1 heterocycles. The number of nitrogens with zero attached hydrogens (tertiary/aromatic N) is 2. The fourth-order valence-electron chi connectivity index (χ4n) is 2.38. The van der Waals surface area contributed by atoms with Gasteiger partial charge in [0.05, 0.1) is 26.4 Å². The highest BCUT2D eigenvalue weighted by Crippen LogP contribution is 2.35. The lowest BCUT2D eigenvalue weighted by molar-refractivity contribution is -0.385. The first-order valence-corrected chi connectivity index (χ1v) is 9.00. The van der Waals surface area contributed by atoms with Crippen molar-refractivity contribution in [3.63, 3.8) is 0 Å². The maximum atomic E-state index is 12.5. The van der Waals surface area contributed by atoms with Gasteiger partial charge in [-0.15, -0.1) is 0 Å². The van der Waals surface area contributed by atoms with Gasteiger partial charge < -0.3 is 5.11 Å². The molecule has 2 aromatic carbocycles. The van der Waals surface area contributed by atoms with Gasteiger partial charge >= 0.3 is 5.69 Å². The minimum atomic E-state index is -0.733. The van der Waals surface area contributed by atoms with Crippen LogP contribution in [0, 0.1) is 10.1 Å². The monoisotopic (exact) mass is 424 g/mol. The molecule has 0 bridgehead atoms. The minimum Gasteiger partial charge on any atom is -0.502 e. The molecule has 1 aliphatic rings. The Bertz CT molecular complexity index is 1010. The summed E-state index contributed by atoms with van der Waals surface area (Å²) in [7, 11) is 0. The quantitative estimate of drug-likeness (QED) is 0.427. The van der Waals surface area contributed by atoms with E-state index in [1.807, 2.05) is 0 Å². The van der Waals surface area contributed by atoms with Gasteiger partial charge in [-0.3, -0.25) is 24.6 Å². The van der Waals surface area contributed by atoms with Crippen LogP contribution in [0.25, 0.3) is 6.08 Å². The molecular weight excluding hydrogens is 415 g/mol. The summed E-state index contributed by atoms with van der Waals surface area (Å²) < 4.78 is 0. The number of phenols is 1. The molecule has 0 radical (unpaired) electrons. The van der Waals surface area contributed by atoms with Crippen molar-refractivity contribution in [2.75, 3.05) is 0 Å². The number of hydrogen-bond acceptors (Lipinski definition) is 6. The fraction of sp³-hybridized carbons (Fsp3) is 0.0588. The van der Waals surface area contributed by atoms with Crippen molar-refractivity contribution in [1.29, 1.82) is 0 Å². The summed E-state index contributed by atoms with van der Waals surface area (Å²) in [5.41, 5.74) is 0.464. The third-order valence-electron chi connectivity index (χ3n) is 3.69. The van der Waals surface area contributed by atoms with E-state index in [1.165, 1.54) is 12.1 Å². The van der Waals surface area contributed by atoms with E-state index in [0.29, 0.717) is 21.2 Å². The number of nitro groups is 1. The van der Waals surface area contributed by atoms with E-state index in [9.17, 15) is 24.8 Å². The number of imide groups is 1. The number of halogens is 2. The van der Waals surface area contributed by atoms with Gasteiger partial charge in [0.25, 0.3) is 11.1 Å². The molecule has 2 aromatic rings. The van der Waals surface area contributed by atoms with Crippen molar-refractivity contribution in [2.24, 2.45) is 0 Å². The Kier molecular flexibility index (Phi) is 5.41. The van der Waals surface area contributed by atoms with Gasteiger partial charge in [-0.05, 0) is 47.2 Å². The maximum Gasteiger partial charge on any atom is 0.311 e. The Morgan fingerprint density at radius 1 is 1.15 bits per heavy atom. The molecule has 0 aliphatic carbocycles. The van der Waals surface area contributed by atoms with Crippen molar-refractivity contribution < 1.29 is 19.6 Å². The van der Waals surface area contributed by atoms with E-state index in [0.717, 1.165) is 28.8 Å². The van der Waals surface area contributed by atoms with Crippen LogP contribution in [0.15, 0.2) is 41.3 Å². The van der Waals surface area contributed by atoms with Crippen molar-refractivity contribution in [3.05, 3.63) is 72.6 Å². The second-order valence-corrected chi connectivity index (χ2v) is 7.33. The molecule has 27 heavy (non-hydrogen) atoms. The van der Waals surface area contributed by atoms with Crippen molar-refractivity contribution in [3.8, 4) is 5.75 Å². The van der Waals surface area contributed by atoms with Crippen LogP contribution in [0.5, 0.6) is 5.75 Å². The van der Waals surface area contributed by atoms with E-state index in [1.54, 1.807) is 18.2 Å². The summed E-state index contributed by atoms with van der Waals surface area (Å²) in [5, 5.41) is 20.6. The number of carbonyl (C=O) groups excluding carboxylic acids is 2. The zero-order chi connectivity index (χ0) is 19.7. The second-order valence-electron chi connectivity index (χ2n) is 5.52. The Balaban J connectivity index is 1.85. The molecule has 10 heteroatoms. The number of hydrogen-bond donors (Lipinski definition) is 1. The predicted molar refractivity (Wildman–Crippen MR) is 103 cm³/mol. The van der Waals surface area contributed by atoms with Crippen LogP contribution in [0.4, 0.5) is 10.5 Å². The number of phenolic OH excluding ortho intramolecular Hbond substituents is 1. The number of thioether (sulfide) groups is 1. The predicted octanol–water partition coefficient (Wildman–Crippen LogP) is 4.84. The third-order valence-corrected chi connectivity index (χ3v) is 5.34. The minimum absolute atomic E-state index is 0.0224. The van der Waals surface area contributed by atoms with Crippen molar-refractivity contribution in [2.45, 2.75) is 6.54 Å². The summed E-state index contributed by atoms with van der Waals surface area (Å²) >= 11 is 12.5. The van der Waals surface area contributed by atoms with Gasteiger partial charge in [-0.2, -0.15) is 0 Å². The molecule has 0 spiro atoms. The highest BCUT2D eigenvalue weighted by atomic mass is 35.5. The highest BCUT2D eigenvalue weighted by molar-refractivity contribution is 8.18. The first kappa shape index (κ1) is 19.2. The molecule has 0 unspecified atom stereocenters. The van der Waals surface area contributed by atoms with E-state index in [2.05, 4.69) is 0 Å². The third kappa shape index (κ3) is 4.08. The summed E-state index contributed by atoms with van der Waals surface area (Å²) in [6.45, 7) is 0.0224. The first-order valence-electron chi connectivity index (χ1n) is 7.43. The zero-order valence-corrected chi connectivity index (χ0v) is 15.7. The average molecular weight is 425 g/mol. The molecule has 1 saturated heterocycles. The van der Waals surface area contributed by atoms with Crippen LogP contribution in [0.2, 0.25) is 10.0 Å². The molecule has 138 valence electrons. The topological polar surface area (TPSA) is 101 Å². The Labute approximate surface area is 167 Å². The van der Waals surface area contributed by atoms with Crippen molar-refractivity contribution >= 4 is 57.9 Å². The molecule has 7 nitrogen and oxygen atoms in total. The summed E-state index contributed by atoms with van der Waals surface area (Å²) in [5.74, 6) is -1.00. The standard InChI is InChI=1S/C17H10Cl2N2O5S/c18-11-3-1-10(5-12(11)19)8-20-16(23)15(27-17(20)24)7-9-2-4-14(22)13(6-9)21(25)26/h1-7,22H,8H2/b15-7-. The van der Waals surface area contributed by atoms with Gasteiger partial charge in [-0.1, -0.05) is 35.3 Å². The molecule has 1 fully saturated rings. The van der Waals surface area contributed by atoms with Crippen LogP contribution < -0.4 is 0 Å². The lowest BCUT2D eigenvalue weighted by Gasteiger charge is -2.12. The number of benzene rings is 2. The molecule has 1 N–H and O–H groups in total. The van der Waals surface area contributed by atoms with E-state index < -0.39 is 27.5 Å².